The molecule has 0 saturated carbocycles. The van der Waals surface area contributed by atoms with Gasteiger partial charge in [-0.1, -0.05) is 12.5 Å². The van der Waals surface area contributed by atoms with Crippen molar-refractivity contribution >= 4 is 5.97 Å². The lowest BCUT2D eigenvalue weighted by molar-refractivity contribution is -0.131. The summed E-state index contributed by atoms with van der Waals surface area (Å²) in [5.74, 6) is -0.953. The average molecular weight is 158 g/mol. The molecule has 0 heterocycles. The van der Waals surface area contributed by atoms with Crippen LogP contribution in [0.15, 0.2) is 11.6 Å². The summed E-state index contributed by atoms with van der Waals surface area (Å²) in [5.41, 5.74) is 0.701. The number of carbonyl (C=O) groups is 1. The van der Waals surface area contributed by atoms with Crippen molar-refractivity contribution < 1.29 is 15.0 Å². The van der Waals surface area contributed by atoms with Crippen molar-refractivity contribution in [1.82, 2.24) is 0 Å². The molecular weight excluding hydrogens is 144 g/mol. The van der Waals surface area contributed by atoms with E-state index in [9.17, 15) is 4.79 Å². The molecule has 0 spiro atoms. The molecule has 11 heavy (non-hydrogen) atoms. The van der Waals surface area contributed by atoms with Gasteiger partial charge in [0.05, 0.1) is 6.10 Å². The summed E-state index contributed by atoms with van der Waals surface area (Å²) >= 11 is 0. The number of aliphatic hydroxyl groups is 1. The van der Waals surface area contributed by atoms with E-state index in [0.29, 0.717) is 18.4 Å². The van der Waals surface area contributed by atoms with E-state index in [1.807, 2.05) is 6.92 Å². The largest absolute Gasteiger partial charge is 0.478 e. The normalized spacial score (nSPS) is 14.6. The third kappa shape index (κ3) is 5.61. The van der Waals surface area contributed by atoms with Gasteiger partial charge >= 0.3 is 5.97 Å². The SMILES string of the molecule is CCC(O)C/C(C)=C/C(=O)O. The molecule has 1 atom stereocenters. The zero-order valence-electron chi connectivity index (χ0n) is 6.87. The van der Waals surface area contributed by atoms with Crippen LogP contribution in [0.2, 0.25) is 0 Å². The lowest BCUT2D eigenvalue weighted by atomic mass is 10.1. The lowest BCUT2D eigenvalue weighted by Crippen LogP contribution is -2.05. The van der Waals surface area contributed by atoms with Gasteiger partial charge in [-0.05, 0) is 19.8 Å². The van der Waals surface area contributed by atoms with E-state index < -0.39 is 12.1 Å². The van der Waals surface area contributed by atoms with Crippen LogP contribution in [0.4, 0.5) is 0 Å². The van der Waals surface area contributed by atoms with Gasteiger partial charge in [0.15, 0.2) is 0 Å². The van der Waals surface area contributed by atoms with Crippen molar-refractivity contribution in [3.8, 4) is 0 Å². The van der Waals surface area contributed by atoms with E-state index in [1.54, 1.807) is 6.92 Å². The van der Waals surface area contributed by atoms with Crippen molar-refractivity contribution in [1.29, 1.82) is 0 Å². The molecule has 3 heteroatoms. The van der Waals surface area contributed by atoms with Crippen molar-refractivity contribution in [2.45, 2.75) is 32.8 Å². The molecule has 0 aliphatic rings. The maximum Gasteiger partial charge on any atom is 0.328 e. The maximum atomic E-state index is 10.1. The van der Waals surface area contributed by atoms with Crippen LogP contribution in [0.3, 0.4) is 0 Å². The predicted octanol–water partition coefficient (Wildman–Crippen LogP) is 1.18. The molecule has 0 amide bonds. The van der Waals surface area contributed by atoms with Crippen LogP contribution in [0.5, 0.6) is 0 Å². The molecule has 0 aliphatic carbocycles. The molecule has 64 valence electrons. The summed E-state index contributed by atoms with van der Waals surface area (Å²) in [6.07, 6.45) is 1.82. The molecule has 0 radical (unpaired) electrons. The van der Waals surface area contributed by atoms with Crippen molar-refractivity contribution in [2.75, 3.05) is 0 Å². The van der Waals surface area contributed by atoms with Crippen LogP contribution in [0.1, 0.15) is 26.7 Å². The molecule has 0 aliphatic heterocycles. The van der Waals surface area contributed by atoms with Crippen molar-refractivity contribution in [3.63, 3.8) is 0 Å². The Hall–Kier alpha value is -0.830. The smallest absolute Gasteiger partial charge is 0.328 e. The van der Waals surface area contributed by atoms with Crippen LogP contribution < -0.4 is 0 Å². The number of rotatable bonds is 4. The van der Waals surface area contributed by atoms with Crippen LogP contribution in [-0.2, 0) is 4.79 Å². The summed E-state index contributed by atoms with van der Waals surface area (Å²) in [6.45, 7) is 3.56. The molecule has 3 nitrogen and oxygen atoms in total. The molecule has 0 bridgehead atoms. The average Bonchev–Trinajstić information content (AvgIpc) is 1.85. The molecule has 0 aromatic rings. The minimum atomic E-state index is -0.953. The highest BCUT2D eigenvalue weighted by molar-refractivity contribution is 5.80. The molecular formula is C8H14O3. The molecule has 2 N–H and O–H groups in total. The van der Waals surface area contributed by atoms with Gasteiger partial charge in [0.25, 0.3) is 0 Å². The van der Waals surface area contributed by atoms with E-state index in [2.05, 4.69) is 0 Å². The topological polar surface area (TPSA) is 57.5 Å². The summed E-state index contributed by atoms with van der Waals surface area (Å²) in [5, 5.41) is 17.4. The van der Waals surface area contributed by atoms with Crippen LogP contribution >= 0.6 is 0 Å². The second-order valence-corrected chi connectivity index (χ2v) is 2.60. The Morgan fingerprint density at radius 2 is 2.18 bits per heavy atom. The van der Waals surface area contributed by atoms with Gasteiger partial charge in [-0.25, -0.2) is 4.79 Å². The summed E-state index contributed by atoms with van der Waals surface area (Å²) in [4.78, 5) is 10.1. The number of carboxylic acids is 1. The quantitative estimate of drug-likeness (QED) is 0.604. The Morgan fingerprint density at radius 3 is 2.55 bits per heavy atom. The van der Waals surface area contributed by atoms with Gasteiger partial charge in [-0.2, -0.15) is 0 Å². The number of hydrogen-bond donors (Lipinski definition) is 2. The molecule has 0 rings (SSSR count). The van der Waals surface area contributed by atoms with E-state index >= 15 is 0 Å². The highest BCUT2D eigenvalue weighted by Gasteiger charge is 2.02. The van der Waals surface area contributed by atoms with Crippen LogP contribution in [-0.4, -0.2) is 22.3 Å². The van der Waals surface area contributed by atoms with Gasteiger partial charge in [0, 0.05) is 6.08 Å². The fraction of sp³-hybridized carbons (Fsp3) is 0.625. The van der Waals surface area contributed by atoms with E-state index in [1.165, 1.54) is 0 Å². The lowest BCUT2D eigenvalue weighted by Gasteiger charge is -2.05. The van der Waals surface area contributed by atoms with Gasteiger partial charge in [0.1, 0.15) is 0 Å². The maximum absolute atomic E-state index is 10.1. The summed E-state index contributed by atoms with van der Waals surface area (Å²) in [7, 11) is 0. The second kappa shape index (κ2) is 4.91. The Labute approximate surface area is 66.4 Å². The summed E-state index contributed by atoms with van der Waals surface area (Å²) in [6, 6.07) is 0. The fourth-order valence-electron chi connectivity index (χ4n) is 0.786. The van der Waals surface area contributed by atoms with Crippen LogP contribution in [0, 0.1) is 0 Å². The minimum Gasteiger partial charge on any atom is -0.478 e. The molecule has 0 fully saturated rings. The first-order chi connectivity index (χ1) is 5.06. The standard InChI is InChI=1S/C8H14O3/c1-3-7(9)4-6(2)5-8(10)11/h5,7,9H,3-4H2,1-2H3,(H,10,11)/b6-5+. The van der Waals surface area contributed by atoms with E-state index in [0.717, 1.165) is 6.08 Å². The first kappa shape index (κ1) is 10.2. The van der Waals surface area contributed by atoms with Gasteiger partial charge in [-0.15, -0.1) is 0 Å². The second-order valence-electron chi connectivity index (χ2n) is 2.60. The van der Waals surface area contributed by atoms with E-state index in [-0.39, 0.29) is 0 Å². The van der Waals surface area contributed by atoms with Gasteiger partial charge in [-0.3, -0.25) is 0 Å². The monoisotopic (exact) mass is 158 g/mol. The molecule has 0 saturated heterocycles. The van der Waals surface area contributed by atoms with Crippen molar-refractivity contribution in [2.24, 2.45) is 0 Å². The fourth-order valence-corrected chi connectivity index (χ4v) is 0.786. The first-order valence-electron chi connectivity index (χ1n) is 3.64. The van der Waals surface area contributed by atoms with Gasteiger partial charge in [0.2, 0.25) is 0 Å². The highest BCUT2D eigenvalue weighted by atomic mass is 16.4. The molecule has 1 unspecified atom stereocenters. The Balaban J connectivity index is 3.85. The number of aliphatic hydroxyl groups excluding tert-OH is 1. The number of hydrogen-bond acceptors (Lipinski definition) is 2. The predicted molar refractivity (Wildman–Crippen MR) is 42.3 cm³/mol. The highest BCUT2D eigenvalue weighted by Crippen LogP contribution is 2.06. The zero-order valence-corrected chi connectivity index (χ0v) is 6.87. The third-order valence-electron chi connectivity index (χ3n) is 1.40. The van der Waals surface area contributed by atoms with Crippen molar-refractivity contribution in [3.05, 3.63) is 11.6 Å². The minimum absolute atomic E-state index is 0.411. The van der Waals surface area contributed by atoms with E-state index in [4.69, 9.17) is 10.2 Å². The number of carboxylic acid groups (broad SMARTS) is 1. The zero-order chi connectivity index (χ0) is 8.85. The Bertz CT molecular complexity index is 161. The third-order valence-corrected chi connectivity index (χ3v) is 1.40. The molecule has 0 aromatic carbocycles. The number of aliphatic carboxylic acids is 1. The summed E-state index contributed by atoms with van der Waals surface area (Å²) < 4.78 is 0. The van der Waals surface area contributed by atoms with Crippen LogP contribution in [0.25, 0.3) is 0 Å². The first-order valence-corrected chi connectivity index (χ1v) is 3.64. The Kier molecular flexibility index (Phi) is 4.54. The Morgan fingerprint density at radius 1 is 1.64 bits per heavy atom. The molecule has 0 aromatic heterocycles. The van der Waals surface area contributed by atoms with Gasteiger partial charge < -0.3 is 10.2 Å².